The first-order chi connectivity index (χ1) is 9.13. The van der Waals surface area contributed by atoms with Crippen LogP contribution in [0.4, 0.5) is 5.95 Å². The number of anilines is 1. The lowest BCUT2D eigenvalue weighted by Gasteiger charge is -2.33. The van der Waals surface area contributed by atoms with Crippen molar-refractivity contribution < 1.29 is 4.74 Å². The zero-order valence-corrected chi connectivity index (χ0v) is 12.9. The topological polar surface area (TPSA) is 46.1 Å². The molecular weight excluding hydrogens is 260 g/mol. The number of H-pyrrole nitrogens is 1. The number of hydrogen-bond acceptors (Lipinski definition) is 4. The molecule has 2 heterocycles. The molecule has 1 N–H and O–H groups in total. The molecular formula is C13H24N4OS. The van der Waals surface area contributed by atoms with Crippen molar-refractivity contribution in [2.75, 3.05) is 24.6 Å². The Kier molecular flexibility index (Phi) is 4.99. The molecule has 108 valence electrons. The molecule has 0 aliphatic carbocycles. The van der Waals surface area contributed by atoms with Gasteiger partial charge in [-0.1, -0.05) is 6.92 Å². The summed E-state index contributed by atoms with van der Waals surface area (Å²) in [6.45, 7) is 9.18. The van der Waals surface area contributed by atoms with Crippen molar-refractivity contribution >= 4 is 18.2 Å². The Bertz CT molecular complexity index is 454. The van der Waals surface area contributed by atoms with E-state index in [2.05, 4.69) is 40.4 Å². The van der Waals surface area contributed by atoms with E-state index in [-0.39, 0.29) is 0 Å². The Hall–Kier alpha value is -0.880. The lowest BCUT2D eigenvalue weighted by Crippen LogP contribution is -2.41. The lowest BCUT2D eigenvalue weighted by atomic mass is 10.1. The first-order valence-corrected chi connectivity index (χ1v) is 7.57. The van der Waals surface area contributed by atoms with E-state index in [9.17, 15) is 0 Å². The highest BCUT2D eigenvalue weighted by molar-refractivity contribution is 7.71. The van der Waals surface area contributed by atoms with E-state index < -0.39 is 0 Å². The zero-order valence-electron chi connectivity index (χ0n) is 12.1. The van der Waals surface area contributed by atoms with E-state index in [4.69, 9.17) is 17.0 Å². The van der Waals surface area contributed by atoms with E-state index in [0.29, 0.717) is 16.9 Å². The van der Waals surface area contributed by atoms with Crippen molar-refractivity contribution in [3.05, 3.63) is 4.77 Å². The number of nitrogens with zero attached hydrogens (tertiary/aromatic N) is 3. The normalized spacial score (nSPS) is 20.2. The molecule has 2 rings (SSSR count). The first kappa shape index (κ1) is 14.5. The second-order valence-corrected chi connectivity index (χ2v) is 5.76. The molecule has 1 atom stereocenters. The molecule has 0 bridgehead atoms. The molecule has 0 saturated carbocycles. The summed E-state index contributed by atoms with van der Waals surface area (Å²) in [4.78, 5) is 2.29. The van der Waals surface area contributed by atoms with Crippen LogP contribution in [-0.2, 0) is 4.74 Å². The van der Waals surface area contributed by atoms with Gasteiger partial charge in [0.2, 0.25) is 5.95 Å². The van der Waals surface area contributed by atoms with Gasteiger partial charge in [0.1, 0.15) is 0 Å². The molecule has 6 heteroatoms. The third kappa shape index (κ3) is 3.36. The van der Waals surface area contributed by atoms with Crippen LogP contribution in [-0.4, -0.2) is 40.6 Å². The summed E-state index contributed by atoms with van der Waals surface area (Å²) in [7, 11) is 0. The van der Waals surface area contributed by atoms with Crippen molar-refractivity contribution in [3.63, 3.8) is 0 Å². The van der Waals surface area contributed by atoms with E-state index in [1.165, 1.54) is 0 Å². The molecule has 1 saturated heterocycles. The van der Waals surface area contributed by atoms with Gasteiger partial charge in [-0.15, -0.1) is 5.10 Å². The second kappa shape index (κ2) is 6.52. The zero-order chi connectivity index (χ0) is 13.8. The van der Waals surface area contributed by atoms with Crippen LogP contribution in [0.15, 0.2) is 0 Å². The molecule has 1 unspecified atom stereocenters. The van der Waals surface area contributed by atoms with E-state index in [0.717, 1.165) is 44.9 Å². The Morgan fingerprint density at radius 3 is 3.00 bits per heavy atom. The van der Waals surface area contributed by atoms with Crippen LogP contribution in [0.1, 0.15) is 46.1 Å². The minimum absolute atomic E-state index is 0.318. The van der Waals surface area contributed by atoms with Crippen molar-refractivity contribution in [2.45, 2.75) is 52.2 Å². The minimum atomic E-state index is 0.318. The average Bonchev–Trinajstić information content (AvgIpc) is 2.79. The largest absolute Gasteiger partial charge is 0.376 e. The highest BCUT2D eigenvalue weighted by Gasteiger charge is 2.24. The minimum Gasteiger partial charge on any atom is -0.376 e. The lowest BCUT2D eigenvalue weighted by molar-refractivity contribution is 0.0436. The average molecular weight is 284 g/mol. The van der Waals surface area contributed by atoms with Crippen LogP contribution in [0.25, 0.3) is 0 Å². The van der Waals surface area contributed by atoms with Crippen molar-refractivity contribution in [1.29, 1.82) is 0 Å². The van der Waals surface area contributed by atoms with Gasteiger partial charge in [-0.3, -0.25) is 4.57 Å². The molecule has 0 amide bonds. The fraction of sp³-hybridized carbons (Fsp3) is 0.846. The molecule has 0 radical (unpaired) electrons. The maximum absolute atomic E-state index is 5.88. The highest BCUT2D eigenvalue weighted by atomic mass is 32.1. The maximum Gasteiger partial charge on any atom is 0.226 e. The van der Waals surface area contributed by atoms with E-state index >= 15 is 0 Å². The first-order valence-electron chi connectivity index (χ1n) is 7.17. The van der Waals surface area contributed by atoms with Crippen molar-refractivity contribution in [1.82, 2.24) is 14.8 Å². The SMILES string of the molecule is CCCOC1CCCN(c2n[nH]c(=S)n2C(C)C)C1. The number of aromatic nitrogens is 3. The molecule has 1 aliphatic heterocycles. The maximum atomic E-state index is 5.88. The number of nitrogens with one attached hydrogen (secondary N) is 1. The monoisotopic (exact) mass is 284 g/mol. The Labute approximate surface area is 119 Å². The smallest absolute Gasteiger partial charge is 0.226 e. The van der Waals surface area contributed by atoms with Gasteiger partial charge in [-0.2, -0.15) is 0 Å². The summed E-state index contributed by atoms with van der Waals surface area (Å²) < 4.78 is 8.65. The van der Waals surface area contributed by atoms with Crippen LogP contribution in [0.2, 0.25) is 0 Å². The van der Waals surface area contributed by atoms with Gasteiger partial charge in [0.05, 0.1) is 6.10 Å². The number of aromatic amines is 1. The molecule has 1 aromatic rings. The van der Waals surface area contributed by atoms with Crippen molar-refractivity contribution in [3.8, 4) is 0 Å². The summed E-state index contributed by atoms with van der Waals surface area (Å²) in [6.07, 6.45) is 3.68. The molecule has 1 aromatic heterocycles. The van der Waals surface area contributed by atoms with Gasteiger partial charge in [-0.05, 0) is 45.3 Å². The molecule has 1 aliphatic rings. The van der Waals surface area contributed by atoms with E-state index in [1.807, 2.05) is 0 Å². The predicted octanol–water partition coefficient (Wildman–Crippen LogP) is 2.92. The second-order valence-electron chi connectivity index (χ2n) is 5.37. The van der Waals surface area contributed by atoms with Gasteiger partial charge >= 0.3 is 0 Å². The van der Waals surface area contributed by atoms with Gasteiger partial charge in [0, 0.05) is 25.7 Å². The molecule has 5 nitrogen and oxygen atoms in total. The van der Waals surface area contributed by atoms with Crippen LogP contribution in [0.3, 0.4) is 0 Å². The third-order valence-electron chi connectivity index (χ3n) is 3.42. The summed E-state index contributed by atoms with van der Waals surface area (Å²) in [5.74, 6) is 0.949. The predicted molar refractivity (Wildman–Crippen MR) is 79.3 cm³/mol. The van der Waals surface area contributed by atoms with Gasteiger partial charge in [-0.25, -0.2) is 5.10 Å². The summed E-state index contributed by atoms with van der Waals surface area (Å²) >= 11 is 5.30. The fourth-order valence-electron chi connectivity index (χ4n) is 2.53. The van der Waals surface area contributed by atoms with Gasteiger partial charge < -0.3 is 9.64 Å². The quantitative estimate of drug-likeness (QED) is 0.845. The van der Waals surface area contributed by atoms with Crippen LogP contribution >= 0.6 is 12.2 Å². The Morgan fingerprint density at radius 1 is 1.53 bits per heavy atom. The molecule has 19 heavy (non-hydrogen) atoms. The highest BCUT2D eigenvalue weighted by Crippen LogP contribution is 2.22. The van der Waals surface area contributed by atoms with Crippen LogP contribution < -0.4 is 4.90 Å². The summed E-state index contributed by atoms with van der Waals surface area (Å²) in [5.41, 5.74) is 0. The third-order valence-corrected chi connectivity index (χ3v) is 3.71. The Morgan fingerprint density at radius 2 is 2.32 bits per heavy atom. The van der Waals surface area contributed by atoms with Gasteiger partial charge in [0.15, 0.2) is 4.77 Å². The van der Waals surface area contributed by atoms with Gasteiger partial charge in [0.25, 0.3) is 0 Å². The fourth-order valence-corrected chi connectivity index (χ4v) is 2.86. The summed E-state index contributed by atoms with van der Waals surface area (Å²) in [5, 5.41) is 7.30. The Balaban J connectivity index is 2.11. The number of ether oxygens (including phenoxy) is 1. The summed E-state index contributed by atoms with van der Waals surface area (Å²) in [6, 6.07) is 0.318. The molecule has 0 spiro atoms. The standard InChI is InChI=1S/C13H24N4OS/c1-4-8-18-11-6-5-7-16(9-11)12-14-15-13(19)17(12)10(2)3/h10-11H,4-9H2,1-3H3,(H,15,19). The van der Waals surface area contributed by atoms with Crippen molar-refractivity contribution in [2.24, 2.45) is 0 Å². The number of rotatable bonds is 5. The molecule has 1 fully saturated rings. The number of hydrogen-bond donors (Lipinski definition) is 1. The van der Waals surface area contributed by atoms with Crippen LogP contribution in [0.5, 0.6) is 0 Å². The van der Waals surface area contributed by atoms with E-state index in [1.54, 1.807) is 0 Å². The molecule has 0 aromatic carbocycles. The number of piperidine rings is 1. The van der Waals surface area contributed by atoms with Crippen LogP contribution in [0, 0.1) is 4.77 Å².